The summed E-state index contributed by atoms with van der Waals surface area (Å²) in [6.07, 6.45) is 1.63. The lowest BCUT2D eigenvalue weighted by Gasteiger charge is -2.06. The fourth-order valence-corrected chi connectivity index (χ4v) is 2.33. The number of hydrogen-bond acceptors (Lipinski definition) is 5. The van der Waals surface area contributed by atoms with Crippen molar-refractivity contribution < 1.29 is 13.9 Å². The lowest BCUT2D eigenvalue weighted by Crippen LogP contribution is -2.16. The van der Waals surface area contributed by atoms with E-state index in [-0.39, 0.29) is 12.3 Å². The molecule has 0 saturated heterocycles. The predicted octanol–water partition coefficient (Wildman–Crippen LogP) is 2.44. The standard InChI is InChI=1S/C17H17N3O4/c1-10-8-18-17(22)20(10)14-6-4-13(5-7-14)16(21)23-9-15-19-11(2)12(3)24-15/h4-8H,9H2,1-3H3,(H,18,22). The second kappa shape index (κ2) is 6.19. The Morgan fingerprint density at radius 2 is 1.96 bits per heavy atom. The van der Waals surface area contributed by atoms with Crippen molar-refractivity contribution in [1.82, 2.24) is 14.5 Å². The van der Waals surface area contributed by atoms with E-state index in [0.29, 0.717) is 22.9 Å². The maximum Gasteiger partial charge on any atom is 0.338 e. The lowest BCUT2D eigenvalue weighted by molar-refractivity contribution is 0.0437. The van der Waals surface area contributed by atoms with Crippen LogP contribution >= 0.6 is 0 Å². The smallest absolute Gasteiger partial charge is 0.338 e. The van der Waals surface area contributed by atoms with Gasteiger partial charge in [-0.2, -0.15) is 0 Å². The average molecular weight is 327 g/mol. The Bertz CT molecular complexity index is 912. The molecule has 7 heteroatoms. The minimum absolute atomic E-state index is 0.0222. The third-order valence-corrected chi connectivity index (χ3v) is 3.72. The van der Waals surface area contributed by atoms with Gasteiger partial charge in [-0.25, -0.2) is 14.6 Å². The van der Waals surface area contributed by atoms with Crippen LogP contribution in [0, 0.1) is 20.8 Å². The number of aromatic amines is 1. The van der Waals surface area contributed by atoms with Crippen molar-refractivity contribution in [2.24, 2.45) is 0 Å². The number of ether oxygens (including phenoxy) is 1. The van der Waals surface area contributed by atoms with Gasteiger partial charge in [-0.1, -0.05) is 0 Å². The second-order valence-electron chi connectivity index (χ2n) is 5.44. The first-order valence-electron chi connectivity index (χ1n) is 7.43. The van der Waals surface area contributed by atoms with Gasteiger partial charge in [-0.3, -0.25) is 4.57 Å². The number of carbonyl (C=O) groups is 1. The largest absolute Gasteiger partial charge is 0.452 e. The molecular formula is C17H17N3O4. The molecule has 0 fully saturated rings. The molecule has 2 heterocycles. The summed E-state index contributed by atoms with van der Waals surface area (Å²) in [7, 11) is 0. The van der Waals surface area contributed by atoms with Crippen molar-refractivity contribution in [3.05, 3.63) is 69.5 Å². The molecule has 0 aliphatic rings. The number of H-pyrrole nitrogens is 1. The first-order valence-corrected chi connectivity index (χ1v) is 7.43. The zero-order valence-electron chi connectivity index (χ0n) is 13.6. The molecule has 3 aromatic rings. The molecule has 7 nitrogen and oxygen atoms in total. The number of esters is 1. The molecule has 0 unspecified atom stereocenters. The van der Waals surface area contributed by atoms with Crippen LogP contribution in [0.2, 0.25) is 0 Å². The highest BCUT2D eigenvalue weighted by molar-refractivity contribution is 5.89. The Balaban J connectivity index is 1.71. The quantitative estimate of drug-likeness (QED) is 0.743. The van der Waals surface area contributed by atoms with E-state index < -0.39 is 5.97 Å². The van der Waals surface area contributed by atoms with Crippen LogP contribution < -0.4 is 5.69 Å². The predicted molar refractivity (Wildman–Crippen MR) is 86.2 cm³/mol. The molecule has 0 spiro atoms. The first-order chi connectivity index (χ1) is 11.5. The van der Waals surface area contributed by atoms with Gasteiger partial charge in [0.2, 0.25) is 5.89 Å². The summed E-state index contributed by atoms with van der Waals surface area (Å²) in [5.74, 6) is 0.593. The van der Waals surface area contributed by atoms with Crippen LogP contribution in [0.3, 0.4) is 0 Å². The molecule has 0 amide bonds. The van der Waals surface area contributed by atoms with Gasteiger partial charge in [-0.05, 0) is 45.0 Å². The van der Waals surface area contributed by atoms with Crippen LogP contribution in [0.1, 0.15) is 33.4 Å². The maximum absolute atomic E-state index is 12.1. The Morgan fingerprint density at radius 3 is 2.50 bits per heavy atom. The third kappa shape index (κ3) is 3.01. The zero-order chi connectivity index (χ0) is 17.3. The summed E-state index contributed by atoms with van der Waals surface area (Å²) in [6, 6.07) is 6.61. The van der Waals surface area contributed by atoms with Crippen LogP contribution in [-0.4, -0.2) is 20.5 Å². The fraction of sp³-hybridized carbons (Fsp3) is 0.235. The molecule has 1 aromatic carbocycles. The van der Waals surface area contributed by atoms with Gasteiger partial charge in [0, 0.05) is 11.9 Å². The number of nitrogens with zero attached hydrogens (tertiary/aromatic N) is 2. The highest BCUT2D eigenvalue weighted by Crippen LogP contribution is 2.13. The van der Waals surface area contributed by atoms with E-state index in [1.807, 2.05) is 13.8 Å². The fourth-order valence-electron chi connectivity index (χ4n) is 2.33. The number of aryl methyl sites for hydroxylation is 3. The molecule has 2 aromatic heterocycles. The number of hydrogen-bond donors (Lipinski definition) is 1. The second-order valence-corrected chi connectivity index (χ2v) is 5.44. The van der Waals surface area contributed by atoms with Gasteiger partial charge in [-0.15, -0.1) is 0 Å². The zero-order valence-corrected chi connectivity index (χ0v) is 13.6. The average Bonchev–Trinajstić information content (AvgIpc) is 3.07. The van der Waals surface area contributed by atoms with Gasteiger partial charge in [0.25, 0.3) is 0 Å². The Hall–Kier alpha value is -3.09. The van der Waals surface area contributed by atoms with Crippen molar-refractivity contribution >= 4 is 5.97 Å². The van der Waals surface area contributed by atoms with Crippen molar-refractivity contribution in [3.63, 3.8) is 0 Å². The molecule has 3 rings (SSSR count). The normalized spacial score (nSPS) is 10.8. The number of nitrogens with one attached hydrogen (secondary N) is 1. The number of rotatable bonds is 4. The summed E-state index contributed by atoms with van der Waals surface area (Å²) in [6.45, 7) is 5.43. The minimum Gasteiger partial charge on any atom is -0.452 e. The van der Waals surface area contributed by atoms with Gasteiger partial charge in [0.1, 0.15) is 5.76 Å². The Kier molecular flexibility index (Phi) is 4.07. The summed E-state index contributed by atoms with van der Waals surface area (Å²) >= 11 is 0. The van der Waals surface area contributed by atoms with Gasteiger partial charge in [0.05, 0.1) is 16.9 Å². The maximum atomic E-state index is 12.1. The number of carbonyl (C=O) groups excluding carboxylic acids is 1. The highest BCUT2D eigenvalue weighted by Gasteiger charge is 2.12. The van der Waals surface area contributed by atoms with E-state index in [2.05, 4.69) is 9.97 Å². The summed E-state index contributed by atoms with van der Waals surface area (Å²) in [4.78, 5) is 30.6. The van der Waals surface area contributed by atoms with Crippen molar-refractivity contribution in [1.29, 1.82) is 0 Å². The monoisotopic (exact) mass is 327 g/mol. The Morgan fingerprint density at radius 1 is 1.25 bits per heavy atom. The summed E-state index contributed by atoms with van der Waals surface area (Å²) < 4.78 is 12.1. The first kappa shape index (κ1) is 15.8. The summed E-state index contributed by atoms with van der Waals surface area (Å²) in [5.41, 5.74) is 2.40. The highest BCUT2D eigenvalue weighted by atomic mass is 16.5. The lowest BCUT2D eigenvalue weighted by atomic mass is 10.2. The number of oxazole rings is 1. The molecule has 1 N–H and O–H groups in total. The topological polar surface area (TPSA) is 90.1 Å². The van der Waals surface area contributed by atoms with Crippen LogP contribution in [0.25, 0.3) is 5.69 Å². The molecular weight excluding hydrogens is 310 g/mol. The van der Waals surface area contributed by atoms with Crippen LogP contribution in [0.4, 0.5) is 0 Å². The van der Waals surface area contributed by atoms with E-state index >= 15 is 0 Å². The van der Waals surface area contributed by atoms with E-state index in [9.17, 15) is 9.59 Å². The molecule has 0 aliphatic heterocycles. The molecule has 0 saturated carbocycles. The minimum atomic E-state index is -0.479. The SMILES string of the molecule is Cc1nc(COC(=O)c2ccc(-n3c(C)c[nH]c3=O)cc2)oc1C. The van der Waals surface area contributed by atoms with Crippen molar-refractivity contribution in [2.75, 3.05) is 0 Å². The van der Waals surface area contributed by atoms with Crippen LogP contribution in [-0.2, 0) is 11.3 Å². The van der Waals surface area contributed by atoms with E-state index in [1.54, 1.807) is 37.4 Å². The van der Waals surface area contributed by atoms with Crippen molar-refractivity contribution in [2.45, 2.75) is 27.4 Å². The Labute approximate surface area is 137 Å². The van der Waals surface area contributed by atoms with E-state index in [4.69, 9.17) is 9.15 Å². The van der Waals surface area contributed by atoms with Crippen molar-refractivity contribution in [3.8, 4) is 5.69 Å². The number of benzene rings is 1. The number of imidazole rings is 1. The molecule has 0 bridgehead atoms. The molecule has 0 radical (unpaired) electrons. The van der Waals surface area contributed by atoms with Crippen LogP contribution in [0.15, 0.2) is 39.7 Å². The van der Waals surface area contributed by atoms with E-state index in [0.717, 1.165) is 11.4 Å². The number of aromatic nitrogens is 3. The molecule has 0 aliphatic carbocycles. The molecule has 124 valence electrons. The summed E-state index contributed by atoms with van der Waals surface area (Å²) in [5, 5.41) is 0. The van der Waals surface area contributed by atoms with Gasteiger partial charge < -0.3 is 14.1 Å². The molecule has 24 heavy (non-hydrogen) atoms. The van der Waals surface area contributed by atoms with Crippen LogP contribution in [0.5, 0.6) is 0 Å². The molecule has 0 atom stereocenters. The van der Waals surface area contributed by atoms with Gasteiger partial charge >= 0.3 is 11.7 Å². The third-order valence-electron chi connectivity index (χ3n) is 3.72. The van der Waals surface area contributed by atoms with Gasteiger partial charge in [0.15, 0.2) is 6.61 Å². The van der Waals surface area contributed by atoms with E-state index in [1.165, 1.54) is 4.57 Å².